The van der Waals surface area contributed by atoms with Gasteiger partial charge < -0.3 is 0 Å². The summed E-state index contributed by atoms with van der Waals surface area (Å²) in [7, 11) is 2.22. The molecule has 194 valence electrons. The molecule has 0 unspecified atom stereocenters. The molecule has 0 fully saturated rings. The van der Waals surface area contributed by atoms with E-state index in [2.05, 4.69) is 122 Å². The van der Waals surface area contributed by atoms with Gasteiger partial charge in [-0.25, -0.2) is 4.57 Å². The van der Waals surface area contributed by atoms with Gasteiger partial charge in [0.15, 0.2) is 6.20 Å². The Bertz CT molecular complexity index is 1780. The zero-order valence-electron chi connectivity index (χ0n) is 24.5. The minimum Gasteiger partial charge on any atom is -0.200 e. The van der Waals surface area contributed by atoms with Gasteiger partial charge in [0.2, 0.25) is 5.69 Å². The van der Waals surface area contributed by atoms with Crippen molar-refractivity contribution in [3.63, 3.8) is 0 Å². The van der Waals surface area contributed by atoms with Crippen LogP contribution in [0.25, 0.3) is 43.6 Å². The molecule has 5 aromatic rings. The lowest BCUT2D eigenvalue weighted by molar-refractivity contribution is -0.659. The molecule has 0 aliphatic carbocycles. The van der Waals surface area contributed by atoms with E-state index in [1.807, 2.05) is 11.8 Å². The monoisotopic (exact) mass is 518 g/mol. The smallest absolute Gasteiger partial charge is 0.200 e. The van der Waals surface area contributed by atoms with Crippen LogP contribution >= 0.6 is 11.8 Å². The van der Waals surface area contributed by atoms with Gasteiger partial charge in [-0.05, 0) is 81.8 Å². The van der Waals surface area contributed by atoms with E-state index in [1.54, 1.807) is 0 Å². The lowest BCUT2D eigenvalue weighted by Gasteiger charge is -2.28. The van der Waals surface area contributed by atoms with Gasteiger partial charge in [-0.15, -0.1) is 0 Å². The number of benzene rings is 4. The molecule has 6 rings (SSSR count). The summed E-state index contributed by atoms with van der Waals surface area (Å²) in [6.07, 6.45) is 4.42. The minimum atomic E-state index is 0.197. The molecule has 4 aromatic carbocycles. The summed E-state index contributed by atoms with van der Waals surface area (Å²) >= 11 is 2.00. The third kappa shape index (κ3) is 4.22. The van der Waals surface area contributed by atoms with E-state index in [-0.39, 0.29) is 10.8 Å². The van der Waals surface area contributed by atoms with E-state index in [1.165, 1.54) is 75.6 Å². The normalized spacial score (nSPS) is 13.5. The fourth-order valence-corrected chi connectivity index (χ4v) is 7.80. The average molecular weight is 519 g/mol. The molecule has 0 N–H and O–H groups in total. The van der Waals surface area contributed by atoms with Crippen LogP contribution in [0.5, 0.6) is 0 Å². The average Bonchev–Trinajstić information content (AvgIpc) is 2.81. The second-order valence-corrected chi connectivity index (χ2v) is 15.0. The highest BCUT2D eigenvalue weighted by atomic mass is 32.2. The summed E-state index contributed by atoms with van der Waals surface area (Å²) in [5, 5.41) is 8.31. The quantitative estimate of drug-likeness (QED) is 0.163. The van der Waals surface area contributed by atoms with Crippen molar-refractivity contribution in [3.8, 4) is 11.3 Å². The molecule has 0 saturated heterocycles. The molecule has 2 heterocycles. The maximum Gasteiger partial charge on any atom is 0.222 e. The van der Waals surface area contributed by atoms with Gasteiger partial charge in [0.05, 0.1) is 10.9 Å². The Labute approximate surface area is 232 Å². The molecule has 0 atom stereocenters. The number of pyridine rings is 1. The zero-order chi connectivity index (χ0) is 27.1. The highest BCUT2D eigenvalue weighted by Gasteiger charge is 2.33. The Morgan fingerprint density at radius 3 is 2.18 bits per heavy atom. The van der Waals surface area contributed by atoms with Crippen LogP contribution in [0.1, 0.15) is 63.8 Å². The predicted octanol–water partition coefficient (Wildman–Crippen LogP) is 9.90. The van der Waals surface area contributed by atoms with Gasteiger partial charge in [0.25, 0.3) is 0 Å². The van der Waals surface area contributed by atoms with Crippen LogP contribution in [-0.4, -0.2) is 0 Å². The van der Waals surface area contributed by atoms with Gasteiger partial charge in [0.1, 0.15) is 7.05 Å². The first-order chi connectivity index (χ1) is 17.8. The number of fused-ring (bicyclic) bond motifs is 5. The molecule has 38 heavy (non-hydrogen) atoms. The van der Waals surface area contributed by atoms with Crippen molar-refractivity contribution in [2.24, 2.45) is 17.9 Å². The molecule has 1 aliphatic rings. The van der Waals surface area contributed by atoms with Gasteiger partial charge in [-0.1, -0.05) is 95.3 Å². The van der Waals surface area contributed by atoms with Crippen molar-refractivity contribution in [1.29, 1.82) is 0 Å². The lowest BCUT2D eigenvalue weighted by Crippen LogP contribution is -2.32. The first kappa shape index (κ1) is 25.4. The highest BCUT2D eigenvalue weighted by Crippen LogP contribution is 2.53. The number of aromatic nitrogens is 1. The maximum atomic E-state index is 2.45. The van der Waals surface area contributed by atoms with Gasteiger partial charge in [-0.2, -0.15) is 0 Å². The van der Waals surface area contributed by atoms with Crippen molar-refractivity contribution in [1.82, 2.24) is 0 Å². The van der Waals surface area contributed by atoms with Crippen LogP contribution in [-0.2, 0) is 19.9 Å². The molecule has 2 heteroatoms. The Kier molecular flexibility index (Phi) is 5.74. The SMILES string of the molecule is Cc1ccc2c(CC(C)(C)C)c3c(c(C)c2c1)-c1c2c(cc4ccc(CC(C)(C)C)cc4c2cc[n+]1C)S3. The summed E-state index contributed by atoms with van der Waals surface area (Å²) in [6.45, 7) is 18.6. The van der Waals surface area contributed by atoms with Crippen molar-refractivity contribution in [2.75, 3.05) is 0 Å². The molecular formula is C36H40NS+. The first-order valence-corrected chi connectivity index (χ1v) is 14.7. The summed E-state index contributed by atoms with van der Waals surface area (Å²) in [6, 6.07) is 19.0. The molecular weight excluding hydrogens is 478 g/mol. The van der Waals surface area contributed by atoms with Crippen LogP contribution in [0, 0.1) is 24.7 Å². The third-order valence-corrected chi connectivity index (χ3v) is 9.13. The van der Waals surface area contributed by atoms with E-state index in [0.29, 0.717) is 0 Å². The fraction of sp³-hybridized carbons (Fsp3) is 0.361. The van der Waals surface area contributed by atoms with Gasteiger partial charge >= 0.3 is 0 Å². The molecule has 1 aromatic heterocycles. The van der Waals surface area contributed by atoms with E-state index in [9.17, 15) is 0 Å². The number of hydrogen-bond acceptors (Lipinski definition) is 1. The maximum absolute atomic E-state index is 2.45. The van der Waals surface area contributed by atoms with E-state index >= 15 is 0 Å². The molecule has 0 bridgehead atoms. The molecule has 1 aliphatic heterocycles. The molecule has 0 amide bonds. The van der Waals surface area contributed by atoms with Crippen LogP contribution in [0.15, 0.2) is 64.5 Å². The van der Waals surface area contributed by atoms with Crippen molar-refractivity contribution >= 4 is 44.1 Å². The summed E-state index contributed by atoms with van der Waals surface area (Å²) in [5.74, 6) is 0. The van der Waals surface area contributed by atoms with E-state index < -0.39 is 0 Å². The van der Waals surface area contributed by atoms with Crippen LogP contribution in [0.2, 0.25) is 0 Å². The third-order valence-electron chi connectivity index (χ3n) is 7.94. The second kappa shape index (κ2) is 8.58. The highest BCUT2D eigenvalue weighted by molar-refractivity contribution is 8.00. The number of hydrogen-bond donors (Lipinski definition) is 0. The van der Waals surface area contributed by atoms with Crippen LogP contribution in [0.4, 0.5) is 0 Å². The molecule has 0 saturated carbocycles. The van der Waals surface area contributed by atoms with Crippen LogP contribution in [0.3, 0.4) is 0 Å². The summed E-state index contributed by atoms with van der Waals surface area (Å²) < 4.78 is 2.37. The Hall–Kier alpha value is -2.84. The summed E-state index contributed by atoms with van der Waals surface area (Å²) in [4.78, 5) is 2.84. The van der Waals surface area contributed by atoms with E-state index in [4.69, 9.17) is 0 Å². The lowest BCUT2D eigenvalue weighted by atomic mass is 9.82. The number of aryl methyl sites for hydroxylation is 3. The molecule has 0 radical (unpaired) electrons. The Balaban J connectivity index is 1.73. The van der Waals surface area contributed by atoms with Crippen LogP contribution < -0.4 is 4.57 Å². The van der Waals surface area contributed by atoms with Crippen molar-refractivity contribution in [3.05, 3.63) is 77.0 Å². The topological polar surface area (TPSA) is 3.88 Å². The molecule has 1 nitrogen and oxygen atoms in total. The van der Waals surface area contributed by atoms with E-state index in [0.717, 1.165) is 12.8 Å². The number of nitrogens with zero attached hydrogens (tertiary/aromatic N) is 1. The molecule has 0 spiro atoms. The second-order valence-electron chi connectivity index (χ2n) is 13.9. The zero-order valence-corrected chi connectivity index (χ0v) is 25.3. The van der Waals surface area contributed by atoms with Crippen molar-refractivity contribution < 1.29 is 4.57 Å². The fourth-order valence-electron chi connectivity index (χ4n) is 6.43. The largest absolute Gasteiger partial charge is 0.222 e. The number of rotatable bonds is 2. The first-order valence-electron chi connectivity index (χ1n) is 13.9. The Morgan fingerprint density at radius 1 is 0.737 bits per heavy atom. The Morgan fingerprint density at radius 2 is 1.47 bits per heavy atom. The predicted molar refractivity (Wildman–Crippen MR) is 165 cm³/mol. The standard InChI is InChI=1S/C36H40NS/c1-21-10-13-25-27(16-21)22(2)31-33-32-26(14-15-37(33)9)28-17-23(19-35(3,4)5)11-12-24(28)18-30(32)38-34(31)29(25)20-36(6,7)8/h10-18H,19-20H2,1-9H3/q+1. The summed E-state index contributed by atoms with van der Waals surface area (Å²) in [5.41, 5.74) is 8.91. The van der Waals surface area contributed by atoms with Gasteiger partial charge in [-0.3, -0.25) is 0 Å². The minimum absolute atomic E-state index is 0.197. The van der Waals surface area contributed by atoms with Crippen molar-refractivity contribution in [2.45, 2.75) is 78.0 Å². The van der Waals surface area contributed by atoms with Gasteiger partial charge in [0, 0.05) is 21.2 Å².